The Bertz CT molecular complexity index is 1270. The number of para-hydroxylation sites is 1. The first-order chi connectivity index (χ1) is 15.0. The minimum atomic E-state index is -0.805. The molecule has 0 atom stereocenters. The number of nitrogens with two attached hydrogens (primary N) is 2. The van der Waals surface area contributed by atoms with Crippen molar-refractivity contribution < 1.29 is 18.7 Å². The summed E-state index contributed by atoms with van der Waals surface area (Å²) in [5, 5.41) is 0. The molecule has 0 unspecified atom stereocenters. The molecule has 0 radical (unpaired) electrons. The Hall–Kier alpha value is -4.39. The van der Waals surface area contributed by atoms with Crippen LogP contribution < -0.4 is 16.2 Å². The third kappa shape index (κ3) is 3.89. The van der Waals surface area contributed by atoms with Crippen LogP contribution in [0.15, 0.2) is 78.9 Å². The number of anilines is 1. The molecule has 0 aliphatic heterocycles. The average Bonchev–Trinajstić information content (AvgIpc) is 3.12. The van der Waals surface area contributed by atoms with Crippen LogP contribution in [0.2, 0.25) is 0 Å². The standard InChI is InChI=1S/C24H18FN3O3/c25-18-9-5-4-8-17(18)23(29)22-20(26)19(24(27)30)21(28-22)14-10-12-16(13-11-14)31-15-6-2-1-3-7-15/h1-13,28H,26H2,(H2,27,30). The van der Waals surface area contributed by atoms with Crippen LogP contribution in [0.3, 0.4) is 0 Å². The van der Waals surface area contributed by atoms with E-state index >= 15 is 0 Å². The first kappa shape index (κ1) is 19.9. The van der Waals surface area contributed by atoms with Gasteiger partial charge in [-0.2, -0.15) is 0 Å². The number of amides is 1. The number of primary amides is 1. The zero-order valence-corrected chi connectivity index (χ0v) is 16.3. The van der Waals surface area contributed by atoms with Gasteiger partial charge in [0.05, 0.1) is 22.5 Å². The van der Waals surface area contributed by atoms with Crippen LogP contribution in [0.1, 0.15) is 26.4 Å². The Morgan fingerprint density at radius 3 is 2.10 bits per heavy atom. The van der Waals surface area contributed by atoms with Crippen LogP contribution >= 0.6 is 0 Å². The predicted molar refractivity (Wildman–Crippen MR) is 116 cm³/mol. The molecule has 4 aromatic rings. The summed E-state index contributed by atoms with van der Waals surface area (Å²) in [7, 11) is 0. The summed E-state index contributed by atoms with van der Waals surface area (Å²) in [6.07, 6.45) is 0. The molecule has 1 aromatic heterocycles. The van der Waals surface area contributed by atoms with E-state index in [1.807, 2.05) is 30.3 Å². The van der Waals surface area contributed by atoms with E-state index in [4.69, 9.17) is 16.2 Å². The Morgan fingerprint density at radius 1 is 0.839 bits per heavy atom. The number of hydrogen-bond donors (Lipinski definition) is 3. The molecule has 31 heavy (non-hydrogen) atoms. The molecule has 3 aromatic carbocycles. The van der Waals surface area contributed by atoms with Crippen LogP contribution in [0.5, 0.6) is 11.5 Å². The largest absolute Gasteiger partial charge is 0.457 e. The molecule has 1 amide bonds. The number of halogens is 1. The van der Waals surface area contributed by atoms with Crippen molar-refractivity contribution in [2.75, 3.05) is 5.73 Å². The van der Waals surface area contributed by atoms with Crippen LogP contribution in [0, 0.1) is 5.82 Å². The van der Waals surface area contributed by atoms with Gasteiger partial charge in [-0.25, -0.2) is 4.39 Å². The van der Waals surface area contributed by atoms with Crippen molar-refractivity contribution in [3.63, 3.8) is 0 Å². The van der Waals surface area contributed by atoms with Crippen LogP contribution in [0.25, 0.3) is 11.3 Å². The molecule has 0 bridgehead atoms. The molecular weight excluding hydrogens is 397 g/mol. The maximum Gasteiger partial charge on any atom is 0.253 e. The first-order valence-corrected chi connectivity index (χ1v) is 9.39. The van der Waals surface area contributed by atoms with E-state index in [9.17, 15) is 14.0 Å². The quantitative estimate of drug-likeness (QED) is 0.402. The van der Waals surface area contributed by atoms with E-state index in [-0.39, 0.29) is 28.2 Å². The van der Waals surface area contributed by atoms with Gasteiger partial charge >= 0.3 is 0 Å². The number of hydrogen-bond acceptors (Lipinski definition) is 4. The highest BCUT2D eigenvalue weighted by molar-refractivity contribution is 6.16. The second-order valence-corrected chi connectivity index (χ2v) is 6.78. The molecule has 0 aliphatic carbocycles. The summed E-state index contributed by atoms with van der Waals surface area (Å²) >= 11 is 0. The van der Waals surface area contributed by atoms with Crippen molar-refractivity contribution in [3.05, 3.63) is 102 Å². The van der Waals surface area contributed by atoms with Crippen molar-refractivity contribution in [1.29, 1.82) is 0 Å². The molecule has 0 saturated carbocycles. The summed E-state index contributed by atoms with van der Waals surface area (Å²) in [5.41, 5.74) is 12.0. The predicted octanol–water partition coefficient (Wildman–Crippen LogP) is 4.53. The third-order valence-electron chi connectivity index (χ3n) is 4.75. The fourth-order valence-corrected chi connectivity index (χ4v) is 3.26. The minimum absolute atomic E-state index is 0.0311. The van der Waals surface area contributed by atoms with Crippen molar-refractivity contribution >= 4 is 17.4 Å². The monoisotopic (exact) mass is 415 g/mol. The van der Waals surface area contributed by atoms with E-state index in [2.05, 4.69) is 4.98 Å². The highest BCUT2D eigenvalue weighted by Gasteiger charge is 2.26. The summed E-state index contributed by atoms with van der Waals surface area (Å²) in [6.45, 7) is 0. The third-order valence-corrected chi connectivity index (χ3v) is 4.75. The SMILES string of the molecule is NC(=O)c1c(-c2ccc(Oc3ccccc3)cc2)[nH]c(C(=O)c2ccccc2F)c1N. The average molecular weight is 415 g/mol. The lowest BCUT2D eigenvalue weighted by molar-refractivity contribution is 0.100. The van der Waals surface area contributed by atoms with Gasteiger partial charge in [0.25, 0.3) is 5.91 Å². The lowest BCUT2D eigenvalue weighted by atomic mass is 10.0. The zero-order valence-electron chi connectivity index (χ0n) is 16.3. The minimum Gasteiger partial charge on any atom is -0.457 e. The molecule has 0 aliphatic rings. The maximum absolute atomic E-state index is 14.1. The van der Waals surface area contributed by atoms with Crippen molar-refractivity contribution in [3.8, 4) is 22.8 Å². The number of nitrogen functional groups attached to an aromatic ring is 1. The summed E-state index contributed by atoms with van der Waals surface area (Å²) in [5.74, 6) is -0.909. The van der Waals surface area contributed by atoms with Gasteiger partial charge < -0.3 is 21.2 Å². The second-order valence-electron chi connectivity index (χ2n) is 6.78. The van der Waals surface area contributed by atoms with Crippen molar-refractivity contribution in [2.45, 2.75) is 0 Å². The fraction of sp³-hybridized carbons (Fsp3) is 0. The number of aromatic amines is 1. The highest BCUT2D eigenvalue weighted by atomic mass is 19.1. The molecule has 0 fully saturated rings. The molecule has 0 spiro atoms. The molecule has 6 nitrogen and oxygen atoms in total. The van der Waals surface area contributed by atoms with Gasteiger partial charge in [0.1, 0.15) is 23.0 Å². The number of aromatic nitrogens is 1. The number of benzene rings is 3. The van der Waals surface area contributed by atoms with Gasteiger partial charge in [0.2, 0.25) is 5.78 Å². The van der Waals surface area contributed by atoms with Gasteiger partial charge in [0, 0.05) is 0 Å². The van der Waals surface area contributed by atoms with Crippen LogP contribution in [-0.4, -0.2) is 16.7 Å². The number of H-pyrrole nitrogens is 1. The Kier molecular flexibility index (Phi) is 5.24. The molecule has 154 valence electrons. The smallest absolute Gasteiger partial charge is 0.253 e. The van der Waals surface area contributed by atoms with E-state index in [0.29, 0.717) is 17.1 Å². The van der Waals surface area contributed by atoms with E-state index in [1.54, 1.807) is 24.3 Å². The summed E-state index contributed by atoms with van der Waals surface area (Å²) in [4.78, 5) is 27.8. The second kappa shape index (κ2) is 8.16. The van der Waals surface area contributed by atoms with Crippen molar-refractivity contribution in [2.24, 2.45) is 5.73 Å². The van der Waals surface area contributed by atoms with Gasteiger partial charge in [-0.15, -0.1) is 0 Å². The Balaban J connectivity index is 1.71. The van der Waals surface area contributed by atoms with E-state index in [1.165, 1.54) is 24.3 Å². The lowest BCUT2D eigenvalue weighted by Crippen LogP contribution is -2.14. The molecule has 0 saturated heterocycles. The van der Waals surface area contributed by atoms with Crippen LogP contribution in [0.4, 0.5) is 10.1 Å². The number of ketones is 1. The number of rotatable bonds is 6. The number of nitrogens with one attached hydrogen (secondary N) is 1. The Morgan fingerprint density at radius 2 is 1.45 bits per heavy atom. The van der Waals surface area contributed by atoms with E-state index < -0.39 is 17.5 Å². The summed E-state index contributed by atoms with van der Waals surface area (Å²) < 4.78 is 19.9. The molecule has 7 heteroatoms. The fourth-order valence-electron chi connectivity index (χ4n) is 3.26. The summed E-state index contributed by atoms with van der Waals surface area (Å²) in [6, 6.07) is 21.6. The highest BCUT2D eigenvalue weighted by Crippen LogP contribution is 2.33. The number of carbonyl (C=O) groups excluding carboxylic acids is 2. The number of carbonyl (C=O) groups is 2. The normalized spacial score (nSPS) is 10.6. The topological polar surface area (TPSA) is 111 Å². The maximum atomic E-state index is 14.1. The van der Waals surface area contributed by atoms with Gasteiger partial charge in [0.15, 0.2) is 0 Å². The van der Waals surface area contributed by atoms with Gasteiger partial charge in [-0.1, -0.05) is 30.3 Å². The number of ether oxygens (including phenoxy) is 1. The van der Waals surface area contributed by atoms with Crippen molar-refractivity contribution in [1.82, 2.24) is 4.98 Å². The molecule has 5 N–H and O–H groups in total. The first-order valence-electron chi connectivity index (χ1n) is 9.39. The molecule has 1 heterocycles. The molecule has 4 rings (SSSR count). The van der Waals surface area contributed by atoms with E-state index in [0.717, 1.165) is 0 Å². The van der Waals surface area contributed by atoms with Gasteiger partial charge in [-0.05, 0) is 54.1 Å². The van der Waals surface area contributed by atoms with Gasteiger partial charge in [-0.3, -0.25) is 9.59 Å². The molecular formula is C24H18FN3O3. The van der Waals surface area contributed by atoms with Crippen LogP contribution in [-0.2, 0) is 0 Å². The Labute approximate surface area is 177 Å². The zero-order chi connectivity index (χ0) is 22.0. The lowest BCUT2D eigenvalue weighted by Gasteiger charge is -2.07.